The summed E-state index contributed by atoms with van der Waals surface area (Å²) < 4.78 is 5.51. The minimum absolute atomic E-state index is 0.0529. The fourth-order valence-electron chi connectivity index (χ4n) is 1.75. The van der Waals surface area contributed by atoms with Crippen LogP contribution in [0.5, 0.6) is 5.75 Å². The summed E-state index contributed by atoms with van der Waals surface area (Å²) in [4.78, 5) is 21.9. The number of hydrogen-bond donors (Lipinski definition) is 2. The molecule has 0 aliphatic rings. The zero-order chi connectivity index (χ0) is 15.0. The van der Waals surface area contributed by atoms with E-state index >= 15 is 0 Å². The minimum Gasteiger partial charge on any atom is -0.483 e. The molecule has 2 N–H and O–H groups in total. The van der Waals surface area contributed by atoms with Crippen LogP contribution in [0.2, 0.25) is 0 Å². The quantitative estimate of drug-likeness (QED) is 0.715. The van der Waals surface area contributed by atoms with Crippen LogP contribution < -0.4 is 10.1 Å². The molecular weight excluding hydrogens is 258 g/mol. The highest BCUT2D eigenvalue weighted by atomic mass is 16.5. The van der Waals surface area contributed by atoms with Crippen molar-refractivity contribution in [2.24, 2.45) is 0 Å². The predicted octanol–water partition coefficient (Wildman–Crippen LogP) is 2.17. The molecule has 0 saturated heterocycles. The fraction of sp³-hybridized carbons (Fsp3) is 0.467. The summed E-state index contributed by atoms with van der Waals surface area (Å²) in [5.74, 6) is -0.0664. The van der Waals surface area contributed by atoms with Crippen molar-refractivity contribution >= 4 is 11.9 Å². The monoisotopic (exact) mass is 279 g/mol. The van der Waals surface area contributed by atoms with Gasteiger partial charge in [-0.15, -0.1) is 0 Å². The van der Waals surface area contributed by atoms with E-state index in [1.54, 1.807) is 0 Å². The van der Waals surface area contributed by atoms with E-state index in [1.807, 2.05) is 24.3 Å². The van der Waals surface area contributed by atoms with Gasteiger partial charge in [-0.3, -0.25) is 9.59 Å². The molecule has 0 unspecified atom stereocenters. The molecule has 5 nitrogen and oxygen atoms in total. The third-order valence-electron chi connectivity index (χ3n) is 2.79. The van der Waals surface area contributed by atoms with Gasteiger partial charge in [0.25, 0.3) is 5.91 Å². The predicted molar refractivity (Wildman–Crippen MR) is 75.9 cm³/mol. The highest BCUT2D eigenvalue weighted by Crippen LogP contribution is 2.25. The Labute approximate surface area is 118 Å². The fourth-order valence-corrected chi connectivity index (χ4v) is 1.75. The van der Waals surface area contributed by atoms with E-state index in [9.17, 15) is 9.59 Å². The second-order valence-electron chi connectivity index (χ2n) is 4.83. The van der Waals surface area contributed by atoms with Gasteiger partial charge in [0.2, 0.25) is 0 Å². The number of nitrogens with one attached hydrogen (secondary N) is 1. The van der Waals surface area contributed by atoms with Crippen molar-refractivity contribution in [2.45, 2.75) is 32.6 Å². The summed E-state index contributed by atoms with van der Waals surface area (Å²) in [5, 5.41) is 11.1. The van der Waals surface area contributed by atoms with Crippen LogP contribution in [0, 0.1) is 0 Å². The molecule has 1 amide bonds. The maximum atomic E-state index is 11.6. The van der Waals surface area contributed by atoms with Gasteiger partial charge in [0.1, 0.15) is 5.75 Å². The average Bonchev–Trinajstić information content (AvgIpc) is 2.41. The Balaban J connectivity index is 2.36. The third kappa shape index (κ3) is 5.73. The topological polar surface area (TPSA) is 75.6 Å². The molecule has 0 radical (unpaired) electrons. The van der Waals surface area contributed by atoms with E-state index in [0.717, 1.165) is 5.56 Å². The van der Waals surface area contributed by atoms with Crippen molar-refractivity contribution < 1.29 is 19.4 Å². The highest BCUT2D eigenvalue weighted by Gasteiger charge is 2.09. The van der Waals surface area contributed by atoms with Crippen molar-refractivity contribution in [1.82, 2.24) is 5.32 Å². The van der Waals surface area contributed by atoms with E-state index in [0.29, 0.717) is 24.6 Å². The van der Waals surface area contributed by atoms with E-state index in [-0.39, 0.29) is 18.9 Å². The normalized spacial score (nSPS) is 10.3. The van der Waals surface area contributed by atoms with Gasteiger partial charge >= 0.3 is 5.97 Å². The summed E-state index contributed by atoms with van der Waals surface area (Å²) in [6.45, 7) is 4.42. The molecule has 0 bridgehead atoms. The molecule has 1 rings (SSSR count). The van der Waals surface area contributed by atoms with Gasteiger partial charge in [0, 0.05) is 13.0 Å². The first kappa shape index (κ1) is 16.0. The number of rotatable bonds is 8. The number of carboxylic acid groups (broad SMARTS) is 1. The second-order valence-corrected chi connectivity index (χ2v) is 4.83. The Hall–Kier alpha value is -2.04. The van der Waals surface area contributed by atoms with Crippen molar-refractivity contribution in [2.75, 3.05) is 13.2 Å². The molecule has 110 valence electrons. The molecule has 1 aromatic carbocycles. The first-order valence-corrected chi connectivity index (χ1v) is 6.71. The van der Waals surface area contributed by atoms with Gasteiger partial charge < -0.3 is 15.2 Å². The number of carbonyl (C=O) groups is 2. The number of carbonyl (C=O) groups excluding carboxylic acids is 1. The van der Waals surface area contributed by atoms with E-state index < -0.39 is 5.97 Å². The zero-order valence-corrected chi connectivity index (χ0v) is 11.9. The van der Waals surface area contributed by atoms with Crippen LogP contribution in [-0.2, 0) is 9.59 Å². The molecule has 5 heteroatoms. The van der Waals surface area contributed by atoms with Crippen molar-refractivity contribution in [3.63, 3.8) is 0 Å². The number of amides is 1. The third-order valence-corrected chi connectivity index (χ3v) is 2.79. The minimum atomic E-state index is -0.860. The van der Waals surface area contributed by atoms with Gasteiger partial charge in [0.15, 0.2) is 6.61 Å². The van der Waals surface area contributed by atoms with Crippen LogP contribution in [0.25, 0.3) is 0 Å². The lowest BCUT2D eigenvalue weighted by molar-refractivity contribution is -0.137. The van der Waals surface area contributed by atoms with Gasteiger partial charge in [-0.2, -0.15) is 0 Å². The SMILES string of the molecule is CC(C)c1ccccc1OCC(=O)NCCCC(=O)O. The Morgan fingerprint density at radius 2 is 2.00 bits per heavy atom. The number of aliphatic carboxylic acids is 1. The van der Waals surface area contributed by atoms with Crippen LogP contribution in [0.3, 0.4) is 0 Å². The molecule has 0 aromatic heterocycles. The Morgan fingerprint density at radius 3 is 2.65 bits per heavy atom. The van der Waals surface area contributed by atoms with Crippen LogP contribution in [0.15, 0.2) is 24.3 Å². The number of benzene rings is 1. The lowest BCUT2D eigenvalue weighted by atomic mass is 10.0. The molecule has 0 saturated carbocycles. The van der Waals surface area contributed by atoms with Crippen molar-refractivity contribution in [3.8, 4) is 5.75 Å². The summed E-state index contributed by atoms with van der Waals surface area (Å²) in [6.07, 6.45) is 0.473. The molecule has 0 fully saturated rings. The van der Waals surface area contributed by atoms with Crippen molar-refractivity contribution in [3.05, 3.63) is 29.8 Å². The highest BCUT2D eigenvalue weighted by molar-refractivity contribution is 5.77. The molecule has 0 heterocycles. The zero-order valence-electron chi connectivity index (χ0n) is 11.9. The van der Waals surface area contributed by atoms with Crippen LogP contribution in [0.4, 0.5) is 0 Å². The van der Waals surface area contributed by atoms with Gasteiger partial charge in [-0.25, -0.2) is 0 Å². The van der Waals surface area contributed by atoms with Crippen LogP contribution in [-0.4, -0.2) is 30.1 Å². The number of hydrogen-bond acceptors (Lipinski definition) is 3. The summed E-state index contributed by atoms with van der Waals surface area (Å²) in [6, 6.07) is 7.62. The summed E-state index contributed by atoms with van der Waals surface area (Å²) in [5.41, 5.74) is 1.06. The second kappa shape index (κ2) is 8.19. The number of para-hydroxylation sites is 1. The molecule has 1 aromatic rings. The smallest absolute Gasteiger partial charge is 0.303 e. The molecule has 20 heavy (non-hydrogen) atoms. The van der Waals surface area contributed by atoms with Gasteiger partial charge in [0.05, 0.1) is 0 Å². The maximum absolute atomic E-state index is 11.6. The maximum Gasteiger partial charge on any atom is 0.303 e. The summed E-state index contributed by atoms with van der Waals surface area (Å²) >= 11 is 0. The van der Waals surface area contributed by atoms with E-state index in [4.69, 9.17) is 9.84 Å². The lowest BCUT2D eigenvalue weighted by Crippen LogP contribution is -2.30. The molecule has 0 aliphatic carbocycles. The molecular formula is C15H21NO4. The van der Waals surface area contributed by atoms with E-state index in [1.165, 1.54) is 0 Å². The van der Waals surface area contributed by atoms with Gasteiger partial charge in [-0.05, 0) is 24.0 Å². The van der Waals surface area contributed by atoms with E-state index in [2.05, 4.69) is 19.2 Å². The van der Waals surface area contributed by atoms with Crippen LogP contribution in [0.1, 0.15) is 38.2 Å². The Morgan fingerprint density at radius 1 is 1.30 bits per heavy atom. The van der Waals surface area contributed by atoms with Crippen LogP contribution >= 0.6 is 0 Å². The van der Waals surface area contributed by atoms with Gasteiger partial charge in [-0.1, -0.05) is 32.0 Å². The molecule has 0 spiro atoms. The molecule has 0 atom stereocenters. The number of ether oxygens (including phenoxy) is 1. The largest absolute Gasteiger partial charge is 0.483 e. The van der Waals surface area contributed by atoms with Crippen molar-refractivity contribution in [1.29, 1.82) is 0 Å². The average molecular weight is 279 g/mol. The first-order chi connectivity index (χ1) is 9.50. The Bertz CT molecular complexity index is 457. The lowest BCUT2D eigenvalue weighted by Gasteiger charge is -2.13. The Kier molecular flexibility index (Phi) is 6.56. The molecule has 0 aliphatic heterocycles. The standard InChI is InChI=1S/C15H21NO4/c1-11(2)12-6-3-4-7-13(12)20-10-14(17)16-9-5-8-15(18)19/h3-4,6-7,11H,5,8-10H2,1-2H3,(H,16,17)(H,18,19). The first-order valence-electron chi connectivity index (χ1n) is 6.71. The number of carboxylic acids is 1. The summed E-state index contributed by atoms with van der Waals surface area (Å²) in [7, 11) is 0.